The topological polar surface area (TPSA) is 24.1 Å². The predicted octanol–water partition coefficient (Wildman–Crippen LogP) is 3.24. The van der Waals surface area contributed by atoms with Crippen molar-refractivity contribution in [2.24, 2.45) is 0 Å². The minimum atomic E-state index is -4.35. The fourth-order valence-corrected chi connectivity index (χ4v) is 2.64. The lowest BCUT2D eigenvalue weighted by molar-refractivity contribution is -0.138. The molecular formula is C14H18ClF3N2. The van der Waals surface area contributed by atoms with Gasteiger partial charge in [-0.3, -0.25) is 0 Å². The molecular weight excluding hydrogens is 289 g/mol. The fraction of sp³-hybridized carbons (Fsp3) is 0.571. The number of nitrogens with one attached hydrogen (secondary N) is 2. The van der Waals surface area contributed by atoms with Crippen LogP contribution >= 0.6 is 11.6 Å². The number of benzene rings is 1. The molecule has 1 saturated heterocycles. The summed E-state index contributed by atoms with van der Waals surface area (Å²) in [5.74, 6) is 0. The Morgan fingerprint density at radius 2 is 1.95 bits per heavy atom. The number of halogens is 4. The van der Waals surface area contributed by atoms with E-state index in [4.69, 9.17) is 11.6 Å². The fourth-order valence-electron chi connectivity index (χ4n) is 2.47. The van der Waals surface area contributed by atoms with Crippen LogP contribution in [0.3, 0.4) is 0 Å². The van der Waals surface area contributed by atoms with E-state index in [1.807, 2.05) is 0 Å². The maximum absolute atomic E-state index is 12.9. The molecule has 2 rings (SSSR count). The Balaban J connectivity index is 1.95. The zero-order valence-electron chi connectivity index (χ0n) is 11.1. The average molecular weight is 307 g/mol. The molecule has 2 N–H and O–H groups in total. The smallest absolute Gasteiger partial charge is 0.317 e. The molecule has 0 radical (unpaired) electrons. The lowest BCUT2D eigenvalue weighted by atomic mass is 10.0. The lowest BCUT2D eigenvalue weighted by Crippen LogP contribution is -2.40. The van der Waals surface area contributed by atoms with E-state index in [1.54, 1.807) is 0 Å². The lowest BCUT2D eigenvalue weighted by Gasteiger charge is -2.24. The van der Waals surface area contributed by atoms with Crippen molar-refractivity contribution in [3.8, 4) is 0 Å². The highest BCUT2D eigenvalue weighted by atomic mass is 35.5. The summed E-state index contributed by atoms with van der Waals surface area (Å²) in [5.41, 5.74) is -0.333. The summed E-state index contributed by atoms with van der Waals surface area (Å²) in [4.78, 5) is 0. The van der Waals surface area contributed by atoms with E-state index in [2.05, 4.69) is 10.6 Å². The molecule has 0 aromatic heterocycles. The zero-order chi connectivity index (χ0) is 14.6. The third-order valence-electron chi connectivity index (χ3n) is 3.54. The van der Waals surface area contributed by atoms with Gasteiger partial charge in [-0.1, -0.05) is 17.7 Å². The first-order chi connectivity index (χ1) is 9.47. The van der Waals surface area contributed by atoms with E-state index in [0.717, 1.165) is 32.0 Å². The Bertz CT molecular complexity index is 443. The Hall–Kier alpha value is -0.780. The van der Waals surface area contributed by atoms with Crippen molar-refractivity contribution in [1.29, 1.82) is 0 Å². The number of piperidine rings is 1. The SMILES string of the molecule is FC(F)(F)c1cc(Cl)ccc1CCNC1CCNCC1. The van der Waals surface area contributed by atoms with E-state index in [0.29, 0.717) is 24.6 Å². The van der Waals surface area contributed by atoms with Gasteiger partial charge in [0.25, 0.3) is 0 Å². The van der Waals surface area contributed by atoms with Crippen LogP contribution in [-0.4, -0.2) is 25.7 Å². The van der Waals surface area contributed by atoms with Crippen LogP contribution in [-0.2, 0) is 12.6 Å². The van der Waals surface area contributed by atoms with Crippen molar-refractivity contribution >= 4 is 11.6 Å². The molecule has 0 atom stereocenters. The van der Waals surface area contributed by atoms with E-state index < -0.39 is 11.7 Å². The van der Waals surface area contributed by atoms with Gasteiger partial charge >= 0.3 is 6.18 Å². The van der Waals surface area contributed by atoms with Gasteiger partial charge in [-0.25, -0.2) is 0 Å². The Morgan fingerprint density at radius 3 is 2.60 bits per heavy atom. The largest absolute Gasteiger partial charge is 0.416 e. The first kappa shape index (κ1) is 15.6. The van der Waals surface area contributed by atoms with Gasteiger partial charge in [0.1, 0.15) is 0 Å². The van der Waals surface area contributed by atoms with Crippen molar-refractivity contribution < 1.29 is 13.2 Å². The third kappa shape index (κ3) is 4.36. The molecule has 0 bridgehead atoms. The molecule has 0 spiro atoms. The summed E-state index contributed by atoms with van der Waals surface area (Å²) in [6.45, 7) is 2.48. The van der Waals surface area contributed by atoms with Crippen molar-refractivity contribution in [3.05, 3.63) is 34.3 Å². The van der Waals surface area contributed by atoms with Crippen molar-refractivity contribution in [3.63, 3.8) is 0 Å². The van der Waals surface area contributed by atoms with Gasteiger partial charge in [0.2, 0.25) is 0 Å². The second kappa shape index (κ2) is 6.78. The zero-order valence-corrected chi connectivity index (χ0v) is 11.8. The third-order valence-corrected chi connectivity index (χ3v) is 3.78. The highest BCUT2D eigenvalue weighted by Crippen LogP contribution is 2.33. The predicted molar refractivity (Wildman–Crippen MR) is 74.1 cm³/mol. The molecule has 1 aliphatic heterocycles. The summed E-state index contributed by atoms with van der Waals surface area (Å²) in [6.07, 6.45) is -1.95. The van der Waals surface area contributed by atoms with Crippen molar-refractivity contribution in [2.45, 2.75) is 31.5 Å². The van der Waals surface area contributed by atoms with Crippen LogP contribution in [0, 0.1) is 0 Å². The first-order valence-corrected chi connectivity index (χ1v) is 7.14. The second-order valence-corrected chi connectivity index (χ2v) is 5.46. The molecule has 1 aliphatic rings. The highest BCUT2D eigenvalue weighted by molar-refractivity contribution is 6.30. The summed E-state index contributed by atoms with van der Waals surface area (Å²) < 4.78 is 38.8. The molecule has 0 aliphatic carbocycles. The van der Waals surface area contributed by atoms with Crippen molar-refractivity contribution in [2.75, 3.05) is 19.6 Å². The van der Waals surface area contributed by atoms with Crippen LogP contribution in [0.4, 0.5) is 13.2 Å². The quantitative estimate of drug-likeness (QED) is 0.892. The van der Waals surface area contributed by atoms with E-state index >= 15 is 0 Å². The van der Waals surface area contributed by atoms with Gasteiger partial charge in [0, 0.05) is 11.1 Å². The Kier molecular flexibility index (Phi) is 5.29. The van der Waals surface area contributed by atoms with Crippen LogP contribution in [0.5, 0.6) is 0 Å². The van der Waals surface area contributed by atoms with Crippen LogP contribution in [0.15, 0.2) is 18.2 Å². The summed E-state index contributed by atoms with van der Waals surface area (Å²) >= 11 is 5.66. The molecule has 0 amide bonds. The van der Waals surface area contributed by atoms with Gasteiger partial charge in [-0.2, -0.15) is 13.2 Å². The number of hydrogen-bond acceptors (Lipinski definition) is 2. The van der Waals surface area contributed by atoms with E-state index in [9.17, 15) is 13.2 Å². The molecule has 20 heavy (non-hydrogen) atoms. The van der Waals surface area contributed by atoms with E-state index in [-0.39, 0.29) is 5.02 Å². The summed E-state index contributed by atoms with van der Waals surface area (Å²) in [6, 6.07) is 4.38. The Morgan fingerprint density at radius 1 is 1.25 bits per heavy atom. The van der Waals surface area contributed by atoms with Crippen LogP contribution < -0.4 is 10.6 Å². The summed E-state index contributed by atoms with van der Waals surface area (Å²) in [5, 5.41) is 6.70. The van der Waals surface area contributed by atoms with Gasteiger partial charge in [0.15, 0.2) is 0 Å². The maximum Gasteiger partial charge on any atom is 0.416 e. The average Bonchev–Trinajstić information content (AvgIpc) is 2.40. The standard InChI is InChI=1S/C14H18ClF3N2/c15-11-2-1-10(13(9-11)14(16,17)18)3-8-20-12-4-6-19-7-5-12/h1-2,9,12,19-20H,3-8H2. The van der Waals surface area contributed by atoms with Crippen LogP contribution in [0.25, 0.3) is 0 Å². The first-order valence-electron chi connectivity index (χ1n) is 6.76. The number of hydrogen-bond donors (Lipinski definition) is 2. The van der Waals surface area contributed by atoms with Gasteiger partial charge in [-0.05, 0) is 56.6 Å². The molecule has 1 aromatic carbocycles. The number of rotatable bonds is 4. The molecule has 1 heterocycles. The molecule has 0 saturated carbocycles. The molecule has 1 fully saturated rings. The highest BCUT2D eigenvalue weighted by Gasteiger charge is 2.33. The molecule has 6 heteroatoms. The minimum absolute atomic E-state index is 0.118. The summed E-state index contributed by atoms with van der Waals surface area (Å²) in [7, 11) is 0. The second-order valence-electron chi connectivity index (χ2n) is 5.03. The molecule has 112 valence electrons. The minimum Gasteiger partial charge on any atom is -0.317 e. The normalized spacial score (nSPS) is 17.4. The van der Waals surface area contributed by atoms with E-state index in [1.165, 1.54) is 12.1 Å². The van der Waals surface area contributed by atoms with Gasteiger partial charge in [-0.15, -0.1) is 0 Å². The van der Waals surface area contributed by atoms with Crippen LogP contribution in [0.1, 0.15) is 24.0 Å². The number of alkyl halides is 3. The molecule has 0 unspecified atom stereocenters. The maximum atomic E-state index is 12.9. The van der Waals surface area contributed by atoms with Gasteiger partial charge < -0.3 is 10.6 Å². The molecule has 1 aromatic rings. The van der Waals surface area contributed by atoms with Crippen molar-refractivity contribution in [1.82, 2.24) is 10.6 Å². The Labute approximate surface area is 121 Å². The van der Waals surface area contributed by atoms with Crippen LogP contribution in [0.2, 0.25) is 5.02 Å². The monoisotopic (exact) mass is 306 g/mol. The van der Waals surface area contributed by atoms with Gasteiger partial charge in [0.05, 0.1) is 5.56 Å². The molecule has 2 nitrogen and oxygen atoms in total.